The van der Waals surface area contributed by atoms with E-state index >= 15 is 0 Å². The van der Waals surface area contributed by atoms with Crippen LogP contribution in [-0.2, 0) is 26.8 Å². The molecule has 1 aliphatic heterocycles. The number of sulfonamides is 1. The molecule has 3 rings (SSSR count). The number of nitrogens with one attached hydrogen (secondary N) is 1. The third-order valence-electron chi connectivity index (χ3n) is 4.88. The van der Waals surface area contributed by atoms with Crippen LogP contribution in [0.4, 0.5) is 5.69 Å². The number of hydrogen-bond acceptors (Lipinski definition) is 7. The van der Waals surface area contributed by atoms with E-state index in [0.29, 0.717) is 23.9 Å². The molecule has 10 heteroatoms. The summed E-state index contributed by atoms with van der Waals surface area (Å²) in [6.07, 6.45) is 1.45. The second-order valence-corrected chi connectivity index (χ2v) is 9.94. The standard InChI is InChI=1S/C19H27N5O4S/c1-19(2,3)18-22-16(23-28-18)12-24-10-8-13(9-11-24)17(25)21-14-4-6-15(7-5-14)29(20,26)27/h4-7,13H,8-12H2,1-3H3,(H,21,25)(H2,20,26,27). The molecule has 2 aromatic rings. The highest BCUT2D eigenvalue weighted by atomic mass is 32.2. The lowest BCUT2D eigenvalue weighted by Crippen LogP contribution is -2.38. The number of likely N-dealkylation sites (tertiary alicyclic amines) is 1. The maximum atomic E-state index is 12.5. The normalized spacial score (nSPS) is 16.7. The van der Waals surface area contributed by atoms with Crippen molar-refractivity contribution in [2.24, 2.45) is 11.1 Å². The van der Waals surface area contributed by atoms with Gasteiger partial charge < -0.3 is 9.84 Å². The number of anilines is 1. The highest BCUT2D eigenvalue weighted by Crippen LogP contribution is 2.23. The number of nitrogens with two attached hydrogens (primary N) is 1. The highest BCUT2D eigenvalue weighted by molar-refractivity contribution is 7.89. The first-order chi connectivity index (χ1) is 13.5. The predicted octanol–water partition coefficient (Wildman–Crippen LogP) is 1.87. The van der Waals surface area contributed by atoms with Crippen LogP contribution in [-0.4, -0.2) is 42.5 Å². The molecule has 0 saturated carbocycles. The van der Waals surface area contributed by atoms with Gasteiger partial charge in [0, 0.05) is 17.0 Å². The van der Waals surface area contributed by atoms with Gasteiger partial charge in [0.25, 0.3) is 0 Å². The summed E-state index contributed by atoms with van der Waals surface area (Å²) < 4.78 is 27.9. The zero-order valence-electron chi connectivity index (χ0n) is 16.9. The fourth-order valence-electron chi connectivity index (χ4n) is 3.15. The van der Waals surface area contributed by atoms with Crippen LogP contribution in [0, 0.1) is 5.92 Å². The summed E-state index contributed by atoms with van der Waals surface area (Å²) in [6, 6.07) is 5.83. The number of carbonyl (C=O) groups is 1. The first-order valence-electron chi connectivity index (χ1n) is 9.51. The number of piperidine rings is 1. The van der Waals surface area contributed by atoms with Crippen molar-refractivity contribution in [2.75, 3.05) is 18.4 Å². The summed E-state index contributed by atoms with van der Waals surface area (Å²) in [7, 11) is -3.74. The van der Waals surface area contributed by atoms with Crippen LogP contribution in [0.3, 0.4) is 0 Å². The fourth-order valence-corrected chi connectivity index (χ4v) is 3.66. The number of hydrogen-bond donors (Lipinski definition) is 2. The molecular weight excluding hydrogens is 394 g/mol. The molecule has 1 amide bonds. The van der Waals surface area contributed by atoms with Crippen molar-refractivity contribution in [3.05, 3.63) is 36.0 Å². The highest BCUT2D eigenvalue weighted by Gasteiger charge is 2.27. The zero-order chi connectivity index (χ0) is 21.2. The summed E-state index contributed by atoms with van der Waals surface area (Å²) in [5.41, 5.74) is 0.370. The molecule has 3 N–H and O–H groups in total. The van der Waals surface area contributed by atoms with E-state index in [1.165, 1.54) is 24.3 Å². The molecule has 0 unspecified atom stereocenters. The third-order valence-corrected chi connectivity index (χ3v) is 5.81. The van der Waals surface area contributed by atoms with Crippen molar-refractivity contribution in [3.63, 3.8) is 0 Å². The number of aromatic nitrogens is 2. The van der Waals surface area contributed by atoms with Gasteiger partial charge in [-0.05, 0) is 50.2 Å². The molecule has 29 heavy (non-hydrogen) atoms. The summed E-state index contributed by atoms with van der Waals surface area (Å²) >= 11 is 0. The lowest BCUT2D eigenvalue weighted by Gasteiger charge is -2.30. The van der Waals surface area contributed by atoms with Crippen molar-refractivity contribution in [1.29, 1.82) is 0 Å². The quantitative estimate of drug-likeness (QED) is 0.753. The van der Waals surface area contributed by atoms with E-state index in [1.807, 2.05) is 20.8 Å². The van der Waals surface area contributed by atoms with Gasteiger partial charge in [0.1, 0.15) is 0 Å². The number of nitrogens with zero attached hydrogens (tertiary/aromatic N) is 3. The first-order valence-corrected chi connectivity index (χ1v) is 11.1. The Bertz CT molecular complexity index is 955. The van der Waals surface area contributed by atoms with E-state index in [4.69, 9.17) is 9.66 Å². The number of rotatable bonds is 5. The smallest absolute Gasteiger partial charge is 0.238 e. The van der Waals surface area contributed by atoms with Crippen molar-refractivity contribution >= 4 is 21.6 Å². The summed E-state index contributed by atoms with van der Waals surface area (Å²) in [6.45, 7) is 8.21. The lowest BCUT2D eigenvalue weighted by atomic mass is 9.95. The monoisotopic (exact) mass is 421 g/mol. The van der Waals surface area contributed by atoms with Crippen molar-refractivity contribution < 1.29 is 17.7 Å². The van der Waals surface area contributed by atoms with Crippen molar-refractivity contribution in [3.8, 4) is 0 Å². The molecule has 1 saturated heterocycles. The van der Waals surface area contributed by atoms with Gasteiger partial charge in [0.05, 0.1) is 11.4 Å². The van der Waals surface area contributed by atoms with E-state index in [0.717, 1.165) is 25.9 Å². The maximum absolute atomic E-state index is 12.5. The molecule has 0 atom stereocenters. The number of carbonyl (C=O) groups excluding carboxylic acids is 1. The Balaban J connectivity index is 1.50. The summed E-state index contributed by atoms with van der Waals surface area (Å²) in [4.78, 5) is 19.2. The molecule has 1 aliphatic rings. The Morgan fingerprint density at radius 2 is 1.86 bits per heavy atom. The molecule has 1 fully saturated rings. The van der Waals surface area contributed by atoms with E-state index in [2.05, 4.69) is 20.4 Å². The van der Waals surface area contributed by atoms with E-state index in [-0.39, 0.29) is 22.1 Å². The van der Waals surface area contributed by atoms with E-state index in [1.54, 1.807) is 0 Å². The van der Waals surface area contributed by atoms with Crippen LogP contribution in [0.25, 0.3) is 0 Å². The van der Waals surface area contributed by atoms with Gasteiger partial charge in [-0.3, -0.25) is 9.69 Å². The topological polar surface area (TPSA) is 131 Å². The molecule has 0 radical (unpaired) electrons. The Labute approximate surface area is 170 Å². The van der Waals surface area contributed by atoms with E-state index in [9.17, 15) is 13.2 Å². The SMILES string of the molecule is CC(C)(C)c1nc(CN2CCC(C(=O)Nc3ccc(S(N)(=O)=O)cc3)CC2)no1. The van der Waals surface area contributed by atoms with Gasteiger partial charge >= 0.3 is 0 Å². The minimum atomic E-state index is -3.74. The molecule has 1 aromatic carbocycles. The van der Waals surface area contributed by atoms with E-state index < -0.39 is 10.0 Å². The molecule has 1 aromatic heterocycles. The van der Waals surface area contributed by atoms with Gasteiger partial charge in [-0.25, -0.2) is 13.6 Å². The fraction of sp³-hybridized carbons (Fsp3) is 0.526. The summed E-state index contributed by atoms with van der Waals surface area (Å²) in [5, 5.41) is 12.0. The molecule has 9 nitrogen and oxygen atoms in total. The molecule has 0 bridgehead atoms. The van der Waals surface area contributed by atoms with Crippen molar-refractivity contribution in [2.45, 2.75) is 50.5 Å². The lowest BCUT2D eigenvalue weighted by molar-refractivity contribution is -0.121. The van der Waals surface area contributed by atoms with Gasteiger partial charge in [0.2, 0.25) is 21.8 Å². The number of primary sulfonamides is 1. The second-order valence-electron chi connectivity index (χ2n) is 8.37. The van der Waals surface area contributed by atoms with Gasteiger partial charge in [0.15, 0.2) is 5.82 Å². The number of amides is 1. The van der Waals surface area contributed by atoms with Gasteiger partial charge in [-0.2, -0.15) is 4.98 Å². The molecule has 2 heterocycles. The Morgan fingerprint density at radius 3 is 2.38 bits per heavy atom. The largest absolute Gasteiger partial charge is 0.339 e. The third kappa shape index (κ3) is 5.62. The van der Waals surface area contributed by atoms with Gasteiger partial charge in [-0.1, -0.05) is 25.9 Å². The Morgan fingerprint density at radius 1 is 1.24 bits per heavy atom. The van der Waals surface area contributed by atoms with Crippen LogP contribution in [0.5, 0.6) is 0 Å². The van der Waals surface area contributed by atoms with Gasteiger partial charge in [-0.15, -0.1) is 0 Å². The average Bonchev–Trinajstić information content (AvgIpc) is 3.11. The number of benzene rings is 1. The maximum Gasteiger partial charge on any atom is 0.238 e. The van der Waals surface area contributed by atoms with Crippen LogP contribution in [0.15, 0.2) is 33.7 Å². The summed E-state index contributed by atoms with van der Waals surface area (Å²) in [5.74, 6) is 1.12. The van der Waals surface area contributed by atoms with Crippen LogP contribution in [0.2, 0.25) is 0 Å². The Hall–Kier alpha value is -2.30. The Kier molecular flexibility index (Phi) is 6.06. The first kappa shape index (κ1) is 21.4. The minimum absolute atomic E-state index is 0.0138. The zero-order valence-corrected chi connectivity index (χ0v) is 17.7. The average molecular weight is 422 g/mol. The molecule has 0 aliphatic carbocycles. The van der Waals surface area contributed by atoms with Crippen LogP contribution >= 0.6 is 0 Å². The molecule has 158 valence electrons. The predicted molar refractivity (Wildman–Crippen MR) is 107 cm³/mol. The van der Waals surface area contributed by atoms with Crippen molar-refractivity contribution in [1.82, 2.24) is 15.0 Å². The second kappa shape index (κ2) is 8.21. The minimum Gasteiger partial charge on any atom is -0.339 e. The molecular formula is C19H27N5O4S. The van der Waals surface area contributed by atoms with Crippen LogP contribution in [0.1, 0.15) is 45.3 Å². The van der Waals surface area contributed by atoms with Crippen LogP contribution < -0.4 is 10.5 Å². The molecule has 0 spiro atoms.